The van der Waals surface area contributed by atoms with E-state index in [1.807, 2.05) is 13.8 Å². The maximum Gasteiger partial charge on any atom is 0.254 e. The minimum Gasteiger partial charge on any atom is -0.355 e. The summed E-state index contributed by atoms with van der Waals surface area (Å²) in [6.07, 6.45) is 1.90. The molecule has 8 nitrogen and oxygen atoms in total. The van der Waals surface area contributed by atoms with Gasteiger partial charge < -0.3 is 10.2 Å². The Morgan fingerprint density at radius 1 is 1.11 bits per heavy atom. The van der Waals surface area contributed by atoms with E-state index in [-0.39, 0.29) is 43.0 Å². The lowest BCUT2D eigenvalue weighted by molar-refractivity contribution is -0.130. The first kappa shape index (κ1) is 20.4. The van der Waals surface area contributed by atoms with Gasteiger partial charge in [-0.2, -0.15) is 0 Å². The standard InChI is InChI=1S/C19H26N4O4/c1-3-11-20-17(25)13-22(12-4-2)19(27)14-5-7-15(8-6-14)23-18(26)10-9-16(24)21-23/h5-8H,3-4,9-13H2,1-2H3,(H,20,25)(H,21,24). The zero-order chi connectivity index (χ0) is 19.8. The van der Waals surface area contributed by atoms with Crippen molar-refractivity contribution in [3.05, 3.63) is 29.8 Å². The normalized spacial score (nSPS) is 13.9. The molecule has 0 radical (unpaired) electrons. The van der Waals surface area contributed by atoms with Crippen molar-refractivity contribution in [2.24, 2.45) is 0 Å². The molecule has 0 aromatic heterocycles. The molecule has 1 aliphatic rings. The van der Waals surface area contributed by atoms with Gasteiger partial charge in [-0.15, -0.1) is 0 Å². The molecule has 0 spiro atoms. The Morgan fingerprint density at radius 2 is 1.81 bits per heavy atom. The van der Waals surface area contributed by atoms with Crippen LogP contribution in [0.1, 0.15) is 49.9 Å². The maximum absolute atomic E-state index is 12.7. The van der Waals surface area contributed by atoms with E-state index in [4.69, 9.17) is 0 Å². The number of nitrogens with zero attached hydrogens (tertiary/aromatic N) is 2. The number of rotatable bonds is 8. The molecule has 0 saturated carbocycles. The van der Waals surface area contributed by atoms with Gasteiger partial charge in [-0.3, -0.25) is 24.6 Å². The zero-order valence-corrected chi connectivity index (χ0v) is 15.8. The van der Waals surface area contributed by atoms with E-state index in [1.165, 1.54) is 9.91 Å². The number of nitrogens with one attached hydrogen (secondary N) is 2. The fraction of sp³-hybridized carbons (Fsp3) is 0.474. The van der Waals surface area contributed by atoms with E-state index < -0.39 is 0 Å². The second-order valence-corrected chi connectivity index (χ2v) is 6.39. The summed E-state index contributed by atoms with van der Waals surface area (Å²) >= 11 is 0. The molecule has 1 heterocycles. The van der Waals surface area contributed by atoms with Gasteiger partial charge in [0.25, 0.3) is 5.91 Å². The van der Waals surface area contributed by atoms with Gasteiger partial charge in [0.2, 0.25) is 17.7 Å². The van der Waals surface area contributed by atoms with Gasteiger partial charge in [-0.25, -0.2) is 5.01 Å². The van der Waals surface area contributed by atoms with Gasteiger partial charge >= 0.3 is 0 Å². The predicted octanol–water partition coefficient (Wildman–Crippen LogP) is 1.22. The Balaban J connectivity index is 2.08. The molecule has 8 heteroatoms. The van der Waals surface area contributed by atoms with E-state index in [0.29, 0.717) is 24.3 Å². The van der Waals surface area contributed by atoms with Crippen molar-refractivity contribution >= 4 is 29.3 Å². The van der Waals surface area contributed by atoms with Gasteiger partial charge in [0, 0.05) is 31.5 Å². The van der Waals surface area contributed by atoms with Crippen molar-refractivity contribution in [1.82, 2.24) is 15.6 Å². The van der Waals surface area contributed by atoms with Crippen LogP contribution >= 0.6 is 0 Å². The lowest BCUT2D eigenvalue weighted by Crippen LogP contribution is -2.50. The van der Waals surface area contributed by atoms with E-state index in [0.717, 1.165) is 12.8 Å². The molecule has 0 aliphatic carbocycles. The summed E-state index contributed by atoms with van der Waals surface area (Å²) in [5.41, 5.74) is 3.43. The smallest absolute Gasteiger partial charge is 0.254 e. The number of hydrazine groups is 1. The second-order valence-electron chi connectivity index (χ2n) is 6.39. The highest BCUT2D eigenvalue weighted by Crippen LogP contribution is 2.18. The SMILES string of the molecule is CCCNC(=O)CN(CCC)C(=O)c1ccc(N2NC(=O)CCC2=O)cc1. The molecule has 1 fully saturated rings. The van der Waals surface area contributed by atoms with E-state index >= 15 is 0 Å². The third-order valence-electron chi connectivity index (χ3n) is 4.11. The zero-order valence-electron chi connectivity index (χ0n) is 15.8. The second kappa shape index (κ2) is 9.70. The van der Waals surface area contributed by atoms with Crippen LogP contribution in [-0.2, 0) is 14.4 Å². The Kier molecular flexibility index (Phi) is 7.34. The molecule has 1 aliphatic heterocycles. The summed E-state index contributed by atoms with van der Waals surface area (Å²) in [5.74, 6) is -0.850. The molecular formula is C19H26N4O4. The van der Waals surface area contributed by atoms with Crippen molar-refractivity contribution in [3.8, 4) is 0 Å². The molecule has 146 valence electrons. The number of amides is 4. The highest BCUT2D eigenvalue weighted by molar-refractivity contribution is 6.02. The van der Waals surface area contributed by atoms with Crippen molar-refractivity contribution in [2.45, 2.75) is 39.5 Å². The van der Waals surface area contributed by atoms with E-state index in [1.54, 1.807) is 24.3 Å². The number of hydrogen-bond acceptors (Lipinski definition) is 4. The number of carbonyl (C=O) groups is 4. The minimum absolute atomic E-state index is 0.00902. The molecule has 1 aromatic rings. The number of anilines is 1. The molecule has 0 bridgehead atoms. The number of benzene rings is 1. The molecule has 0 unspecified atom stereocenters. The van der Waals surface area contributed by atoms with Crippen LogP contribution in [0.3, 0.4) is 0 Å². The number of carbonyl (C=O) groups excluding carboxylic acids is 4. The van der Waals surface area contributed by atoms with Crippen LogP contribution in [-0.4, -0.2) is 48.2 Å². The van der Waals surface area contributed by atoms with Crippen LogP contribution in [0, 0.1) is 0 Å². The summed E-state index contributed by atoms with van der Waals surface area (Å²) in [7, 11) is 0. The minimum atomic E-state index is -0.246. The van der Waals surface area contributed by atoms with Crippen LogP contribution in [0.2, 0.25) is 0 Å². The summed E-state index contributed by atoms with van der Waals surface area (Å²) < 4.78 is 0. The quantitative estimate of drug-likeness (QED) is 0.715. The Morgan fingerprint density at radius 3 is 2.44 bits per heavy atom. The maximum atomic E-state index is 12.7. The molecule has 0 atom stereocenters. The average molecular weight is 374 g/mol. The fourth-order valence-corrected chi connectivity index (χ4v) is 2.74. The van der Waals surface area contributed by atoms with Crippen molar-refractivity contribution in [3.63, 3.8) is 0 Å². The lowest BCUT2D eigenvalue weighted by Gasteiger charge is -2.27. The van der Waals surface area contributed by atoms with Crippen molar-refractivity contribution in [2.75, 3.05) is 24.6 Å². The summed E-state index contributed by atoms with van der Waals surface area (Å²) in [5, 5.41) is 3.97. The first-order chi connectivity index (χ1) is 13.0. The van der Waals surface area contributed by atoms with Gasteiger partial charge in [0.05, 0.1) is 12.2 Å². The monoisotopic (exact) mass is 374 g/mol. The van der Waals surface area contributed by atoms with Gasteiger partial charge in [0.15, 0.2) is 0 Å². The van der Waals surface area contributed by atoms with Crippen LogP contribution in [0.5, 0.6) is 0 Å². The van der Waals surface area contributed by atoms with Gasteiger partial charge in [-0.1, -0.05) is 13.8 Å². The van der Waals surface area contributed by atoms with Crippen molar-refractivity contribution in [1.29, 1.82) is 0 Å². The Bertz CT molecular complexity index is 702. The first-order valence-corrected chi connectivity index (χ1v) is 9.24. The largest absolute Gasteiger partial charge is 0.355 e. The van der Waals surface area contributed by atoms with Crippen LogP contribution in [0.25, 0.3) is 0 Å². The average Bonchev–Trinajstić information content (AvgIpc) is 2.67. The van der Waals surface area contributed by atoms with Gasteiger partial charge in [-0.05, 0) is 37.1 Å². The summed E-state index contributed by atoms with van der Waals surface area (Å²) in [4.78, 5) is 49.7. The van der Waals surface area contributed by atoms with Crippen molar-refractivity contribution < 1.29 is 19.2 Å². The Labute approximate surface area is 158 Å². The molecule has 27 heavy (non-hydrogen) atoms. The number of hydrogen-bond donors (Lipinski definition) is 2. The highest BCUT2D eigenvalue weighted by atomic mass is 16.2. The molecule has 1 aromatic carbocycles. The highest BCUT2D eigenvalue weighted by Gasteiger charge is 2.25. The predicted molar refractivity (Wildman–Crippen MR) is 101 cm³/mol. The molecule has 1 saturated heterocycles. The lowest BCUT2D eigenvalue weighted by atomic mass is 10.1. The Hall–Kier alpha value is -2.90. The topological polar surface area (TPSA) is 98.8 Å². The first-order valence-electron chi connectivity index (χ1n) is 9.24. The third-order valence-corrected chi connectivity index (χ3v) is 4.11. The van der Waals surface area contributed by atoms with Gasteiger partial charge in [0.1, 0.15) is 0 Å². The van der Waals surface area contributed by atoms with E-state index in [9.17, 15) is 19.2 Å². The fourth-order valence-electron chi connectivity index (χ4n) is 2.74. The molecule has 2 N–H and O–H groups in total. The van der Waals surface area contributed by atoms with Crippen LogP contribution < -0.4 is 15.8 Å². The van der Waals surface area contributed by atoms with E-state index in [2.05, 4.69) is 10.7 Å². The summed E-state index contributed by atoms with van der Waals surface area (Å²) in [6.45, 7) is 4.97. The third kappa shape index (κ3) is 5.54. The van der Waals surface area contributed by atoms with Crippen LogP contribution in [0.15, 0.2) is 24.3 Å². The summed E-state index contributed by atoms with van der Waals surface area (Å²) in [6, 6.07) is 6.41. The molecular weight excluding hydrogens is 348 g/mol. The molecule has 2 rings (SSSR count). The molecule has 4 amide bonds. The van der Waals surface area contributed by atoms with Crippen LogP contribution in [0.4, 0.5) is 5.69 Å².